The largest absolute Gasteiger partial charge is 0.484 e. The molecule has 0 saturated heterocycles. The lowest BCUT2D eigenvalue weighted by Crippen LogP contribution is -2.37. The fraction of sp³-hybridized carbons (Fsp3) is 0.333. The van der Waals surface area contributed by atoms with Crippen LogP contribution in [0.2, 0.25) is 0 Å². The summed E-state index contributed by atoms with van der Waals surface area (Å²) >= 11 is 0. The maximum absolute atomic E-state index is 12.2. The summed E-state index contributed by atoms with van der Waals surface area (Å²) in [5.74, 6) is 0.181. The molecule has 2 aromatic rings. The van der Waals surface area contributed by atoms with Gasteiger partial charge in [0.1, 0.15) is 5.75 Å². The van der Waals surface area contributed by atoms with E-state index in [-0.39, 0.29) is 25.0 Å². The highest BCUT2D eigenvalue weighted by molar-refractivity contribution is 5.95. The molecule has 2 aromatic carbocycles. The third-order valence-electron chi connectivity index (χ3n) is 4.22. The summed E-state index contributed by atoms with van der Waals surface area (Å²) in [5.41, 5.74) is 3.93. The minimum atomic E-state index is -0.247. The van der Waals surface area contributed by atoms with E-state index in [1.165, 1.54) is 4.90 Å². The molecule has 5 nitrogen and oxygen atoms in total. The number of para-hydroxylation sites is 1. The Balaban J connectivity index is 1.87. The standard InChI is InChI=1S/C21H26N2O3/c1-5-17-10-7-11-18(12-17)26-14-20(25)23(4)13-19(24)22-21-15(2)8-6-9-16(21)3/h6-12H,5,13-14H2,1-4H3,(H,22,24). The Labute approximate surface area is 155 Å². The van der Waals surface area contributed by atoms with Gasteiger partial charge in [-0.2, -0.15) is 0 Å². The van der Waals surface area contributed by atoms with Crippen molar-refractivity contribution >= 4 is 17.5 Å². The van der Waals surface area contributed by atoms with Gasteiger partial charge in [-0.15, -0.1) is 0 Å². The predicted molar refractivity (Wildman–Crippen MR) is 103 cm³/mol. The molecule has 0 aliphatic carbocycles. The van der Waals surface area contributed by atoms with Crippen LogP contribution in [0.4, 0.5) is 5.69 Å². The van der Waals surface area contributed by atoms with E-state index in [9.17, 15) is 9.59 Å². The predicted octanol–water partition coefficient (Wildman–Crippen LogP) is 3.34. The van der Waals surface area contributed by atoms with Gasteiger partial charge >= 0.3 is 0 Å². The van der Waals surface area contributed by atoms with Crippen molar-refractivity contribution in [2.75, 3.05) is 25.5 Å². The molecule has 5 heteroatoms. The van der Waals surface area contributed by atoms with Crippen LogP contribution in [0.5, 0.6) is 5.75 Å². The second-order valence-corrected chi connectivity index (χ2v) is 6.35. The summed E-state index contributed by atoms with van der Waals surface area (Å²) in [6.07, 6.45) is 0.906. The lowest BCUT2D eigenvalue weighted by molar-refractivity contribution is -0.135. The maximum Gasteiger partial charge on any atom is 0.260 e. The SMILES string of the molecule is CCc1cccc(OCC(=O)N(C)CC(=O)Nc2c(C)cccc2C)c1. The number of hydrogen-bond donors (Lipinski definition) is 1. The average molecular weight is 354 g/mol. The van der Waals surface area contributed by atoms with Crippen molar-refractivity contribution in [3.63, 3.8) is 0 Å². The third kappa shape index (κ3) is 5.34. The molecule has 0 unspecified atom stereocenters. The molecule has 138 valence electrons. The molecule has 0 aliphatic rings. The van der Waals surface area contributed by atoms with Crippen LogP contribution < -0.4 is 10.1 Å². The van der Waals surface area contributed by atoms with Crippen LogP contribution in [-0.2, 0) is 16.0 Å². The van der Waals surface area contributed by atoms with Crippen LogP contribution in [0.25, 0.3) is 0 Å². The molecule has 0 aromatic heterocycles. The van der Waals surface area contributed by atoms with Crippen LogP contribution >= 0.6 is 0 Å². The second-order valence-electron chi connectivity index (χ2n) is 6.35. The first-order valence-corrected chi connectivity index (χ1v) is 8.72. The second kappa shape index (κ2) is 9.04. The van der Waals surface area contributed by atoms with Gasteiger partial charge in [0.2, 0.25) is 5.91 Å². The number of benzene rings is 2. The first-order chi connectivity index (χ1) is 12.4. The molecule has 1 N–H and O–H groups in total. The summed E-state index contributed by atoms with van der Waals surface area (Å²) in [5, 5.41) is 2.88. The number of anilines is 1. The van der Waals surface area contributed by atoms with E-state index < -0.39 is 0 Å². The van der Waals surface area contributed by atoms with Gasteiger partial charge in [0, 0.05) is 12.7 Å². The number of amides is 2. The average Bonchev–Trinajstić information content (AvgIpc) is 2.63. The van der Waals surface area contributed by atoms with Crippen LogP contribution in [-0.4, -0.2) is 36.9 Å². The third-order valence-corrected chi connectivity index (χ3v) is 4.22. The van der Waals surface area contributed by atoms with Crippen molar-refractivity contribution < 1.29 is 14.3 Å². The van der Waals surface area contributed by atoms with Gasteiger partial charge in [-0.1, -0.05) is 37.3 Å². The lowest BCUT2D eigenvalue weighted by Gasteiger charge is -2.18. The van der Waals surface area contributed by atoms with Gasteiger partial charge in [-0.25, -0.2) is 0 Å². The Morgan fingerprint density at radius 3 is 2.38 bits per heavy atom. The van der Waals surface area contributed by atoms with Gasteiger partial charge in [-0.05, 0) is 49.1 Å². The van der Waals surface area contributed by atoms with Crippen LogP contribution in [0.1, 0.15) is 23.6 Å². The number of nitrogens with one attached hydrogen (secondary N) is 1. The highest BCUT2D eigenvalue weighted by atomic mass is 16.5. The zero-order valence-electron chi connectivity index (χ0n) is 15.8. The molecule has 2 amide bonds. The number of hydrogen-bond acceptors (Lipinski definition) is 3. The summed E-state index contributed by atoms with van der Waals surface area (Å²) in [6.45, 7) is 5.82. The number of likely N-dealkylation sites (N-methyl/N-ethyl adjacent to an activating group) is 1. The lowest BCUT2D eigenvalue weighted by atomic mass is 10.1. The monoisotopic (exact) mass is 354 g/mol. The number of rotatable bonds is 7. The van der Waals surface area contributed by atoms with Crippen molar-refractivity contribution in [2.24, 2.45) is 0 Å². The van der Waals surface area contributed by atoms with Crippen molar-refractivity contribution in [1.29, 1.82) is 0 Å². The Morgan fingerprint density at radius 2 is 1.73 bits per heavy atom. The number of aryl methyl sites for hydroxylation is 3. The van der Waals surface area contributed by atoms with Crippen LogP contribution in [0, 0.1) is 13.8 Å². The fourth-order valence-corrected chi connectivity index (χ4v) is 2.60. The van der Waals surface area contributed by atoms with Gasteiger partial charge in [0.25, 0.3) is 5.91 Å². The molecule has 0 fully saturated rings. The smallest absolute Gasteiger partial charge is 0.260 e. The first kappa shape index (κ1) is 19.5. The van der Waals surface area contributed by atoms with E-state index in [0.717, 1.165) is 28.8 Å². The zero-order valence-corrected chi connectivity index (χ0v) is 15.8. The first-order valence-electron chi connectivity index (χ1n) is 8.72. The molecule has 0 heterocycles. The summed E-state index contributed by atoms with van der Waals surface area (Å²) in [7, 11) is 1.60. The normalized spacial score (nSPS) is 10.3. The number of carbonyl (C=O) groups is 2. The van der Waals surface area contributed by atoms with Crippen molar-refractivity contribution in [3.8, 4) is 5.75 Å². The summed E-state index contributed by atoms with van der Waals surface area (Å²) < 4.78 is 5.55. The molecular weight excluding hydrogens is 328 g/mol. The number of carbonyl (C=O) groups excluding carboxylic acids is 2. The molecule has 0 bridgehead atoms. The molecule has 0 saturated carbocycles. The quantitative estimate of drug-likeness (QED) is 0.830. The van der Waals surface area contributed by atoms with Crippen molar-refractivity contribution in [2.45, 2.75) is 27.2 Å². The van der Waals surface area contributed by atoms with Gasteiger partial charge < -0.3 is 15.0 Å². The van der Waals surface area contributed by atoms with E-state index in [1.54, 1.807) is 7.05 Å². The molecule has 26 heavy (non-hydrogen) atoms. The van der Waals surface area contributed by atoms with Gasteiger partial charge in [0.15, 0.2) is 6.61 Å². The molecule has 0 spiro atoms. The topological polar surface area (TPSA) is 58.6 Å². The Bertz CT molecular complexity index is 766. The highest BCUT2D eigenvalue weighted by Crippen LogP contribution is 2.19. The van der Waals surface area contributed by atoms with E-state index in [4.69, 9.17) is 4.74 Å². The fourth-order valence-electron chi connectivity index (χ4n) is 2.60. The van der Waals surface area contributed by atoms with Gasteiger partial charge in [-0.3, -0.25) is 9.59 Å². The van der Waals surface area contributed by atoms with E-state index in [2.05, 4.69) is 12.2 Å². The molecule has 0 atom stereocenters. The van der Waals surface area contributed by atoms with E-state index >= 15 is 0 Å². The maximum atomic E-state index is 12.2. The molecule has 0 radical (unpaired) electrons. The van der Waals surface area contributed by atoms with Crippen LogP contribution in [0.15, 0.2) is 42.5 Å². The van der Waals surface area contributed by atoms with Gasteiger partial charge in [0.05, 0.1) is 6.54 Å². The summed E-state index contributed by atoms with van der Waals surface area (Å²) in [6, 6.07) is 13.5. The van der Waals surface area contributed by atoms with Crippen molar-refractivity contribution in [1.82, 2.24) is 4.90 Å². The molecule has 0 aliphatic heterocycles. The molecule has 2 rings (SSSR count). The molecular formula is C21H26N2O3. The van der Waals surface area contributed by atoms with E-state index in [1.807, 2.05) is 56.3 Å². The number of nitrogens with zero attached hydrogens (tertiary/aromatic N) is 1. The Morgan fingerprint density at radius 1 is 1.08 bits per heavy atom. The Kier molecular flexibility index (Phi) is 6.78. The van der Waals surface area contributed by atoms with Crippen molar-refractivity contribution in [3.05, 3.63) is 59.2 Å². The van der Waals surface area contributed by atoms with E-state index in [0.29, 0.717) is 5.75 Å². The number of ether oxygens (including phenoxy) is 1. The van der Waals surface area contributed by atoms with Crippen LogP contribution in [0.3, 0.4) is 0 Å². The minimum absolute atomic E-state index is 0.0228. The highest BCUT2D eigenvalue weighted by Gasteiger charge is 2.15. The Hall–Kier alpha value is -2.82. The summed E-state index contributed by atoms with van der Waals surface area (Å²) in [4.78, 5) is 25.8. The minimum Gasteiger partial charge on any atom is -0.484 e. The zero-order chi connectivity index (χ0) is 19.1.